The lowest BCUT2D eigenvalue weighted by Gasteiger charge is -2.35. The molecule has 0 bridgehead atoms. The van der Waals surface area contributed by atoms with Crippen molar-refractivity contribution in [3.05, 3.63) is 35.2 Å². The molecule has 1 N–H and O–H groups in total. The first-order chi connectivity index (χ1) is 8.65. The van der Waals surface area contributed by atoms with Crippen molar-refractivity contribution in [3.8, 4) is 0 Å². The molecule has 0 amide bonds. The van der Waals surface area contributed by atoms with E-state index in [0.717, 1.165) is 10.1 Å². The predicted octanol–water partition coefficient (Wildman–Crippen LogP) is 2.19. The molecule has 3 rings (SSSR count). The van der Waals surface area contributed by atoms with Crippen LogP contribution in [0.25, 0.3) is 10.1 Å². The van der Waals surface area contributed by atoms with E-state index in [1.165, 1.54) is 11.3 Å². The number of hydrogen-bond donors (Lipinski definition) is 1. The first-order valence-electron chi connectivity index (χ1n) is 5.47. The van der Waals surface area contributed by atoms with Crippen LogP contribution in [0.3, 0.4) is 0 Å². The third-order valence-electron chi connectivity index (χ3n) is 3.27. The Balaban J connectivity index is 2.10. The molecule has 0 spiro atoms. The van der Waals surface area contributed by atoms with E-state index in [9.17, 15) is 14.7 Å². The van der Waals surface area contributed by atoms with Crippen LogP contribution in [-0.4, -0.2) is 30.1 Å². The van der Waals surface area contributed by atoms with E-state index in [2.05, 4.69) is 0 Å². The smallest absolute Gasteiger partial charge is 0.322 e. The Kier molecular flexibility index (Phi) is 2.46. The quantitative estimate of drug-likeness (QED) is 0.680. The van der Waals surface area contributed by atoms with Crippen LogP contribution in [0.5, 0.6) is 0 Å². The molecule has 0 atom stereocenters. The molecule has 5 heteroatoms. The van der Waals surface area contributed by atoms with E-state index < -0.39 is 11.4 Å². The number of thiophene rings is 1. The summed E-state index contributed by atoms with van der Waals surface area (Å²) in [6, 6.07) is 7.50. The zero-order valence-corrected chi connectivity index (χ0v) is 10.2. The molecule has 1 aliphatic rings. The van der Waals surface area contributed by atoms with Gasteiger partial charge in [-0.2, -0.15) is 0 Å². The Bertz CT molecular complexity index is 639. The summed E-state index contributed by atoms with van der Waals surface area (Å²) in [5.74, 6) is -1.45. The second-order valence-corrected chi connectivity index (χ2v) is 5.27. The van der Waals surface area contributed by atoms with Crippen LogP contribution in [0, 0.1) is 5.41 Å². The maximum Gasteiger partial charge on any atom is 0.322 e. The number of fused-ring (bicyclic) bond motifs is 1. The van der Waals surface area contributed by atoms with Gasteiger partial charge in [0, 0.05) is 21.0 Å². The van der Waals surface area contributed by atoms with Crippen LogP contribution < -0.4 is 0 Å². The maximum atomic E-state index is 12.4. The summed E-state index contributed by atoms with van der Waals surface area (Å²) in [5, 5.41) is 11.8. The SMILES string of the molecule is O=C(O)C1(C(=O)c2csc3ccccc23)COC1. The normalized spacial score (nSPS) is 17.3. The molecule has 18 heavy (non-hydrogen) atoms. The number of Topliss-reactive ketones (excluding diaryl/α,β-unsaturated/α-hetero) is 1. The van der Waals surface area contributed by atoms with Crippen LogP contribution >= 0.6 is 11.3 Å². The van der Waals surface area contributed by atoms with Gasteiger partial charge in [0.1, 0.15) is 0 Å². The summed E-state index contributed by atoms with van der Waals surface area (Å²) >= 11 is 1.45. The lowest BCUT2D eigenvalue weighted by Crippen LogP contribution is -2.54. The van der Waals surface area contributed by atoms with Gasteiger partial charge in [0.05, 0.1) is 13.2 Å². The highest BCUT2D eigenvalue weighted by Gasteiger charge is 2.53. The molecule has 0 radical (unpaired) electrons. The highest BCUT2D eigenvalue weighted by molar-refractivity contribution is 7.17. The fourth-order valence-corrected chi connectivity index (χ4v) is 3.01. The highest BCUT2D eigenvalue weighted by atomic mass is 32.1. The number of carboxylic acid groups (broad SMARTS) is 1. The monoisotopic (exact) mass is 262 g/mol. The van der Waals surface area contributed by atoms with Crippen molar-refractivity contribution in [2.24, 2.45) is 5.41 Å². The Morgan fingerprint density at radius 2 is 2.00 bits per heavy atom. The Labute approximate surface area is 107 Å². The fourth-order valence-electron chi connectivity index (χ4n) is 2.07. The summed E-state index contributed by atoms with van der Waals surface area (Å²) in [6.45, 7) is -0.0727. The van der Waals surface area contributed by atoms with E-state index >= 15 is 0 Å². The van der Waals surface area contributed by atoms with Crippen LogP contribution in [-0.2, 0) is 9.53 Å². The van der Waals surface area contributed by atoms with Gasteiger partial charge in [-0.15, -0.1) is 11.3 Å². The van der Waals surface area contributed by atoms with Crippen molar-refractivity contribution in [2.75, 3.05) is 13.2 Å². The van der Waals surface area contributed by atoms with E-state index in [0.29, 0.717) is 5.56 Å². The molecule has 2 aromatic rings. The molecule has 1 aliphatic heterocycles. The van der Waals surface area contributed by atoms with Gasteiger partial charge in [-0.25, -0.2) is 0 Å². The van der Waals surface area contributed by atoms with Crippen LogP contribution in [0.15, 0.2) is 29.6 Å². The van der Waals surface area contributed by atoms with Crippen molar-refractivity contribution >= 4 is 33.2 Å². The first-order valence-corrected chi connectivity index (χ1v) is 6.35. The van der Waals surface area contributed by atoms with Crippen molar-refractivity contribution in [3.63, 3.8) is 0 Å². The molecular formula is C13H10O4S. The third kappa shape index (κ3) is 1.41. The summed E-state index contributed by atoms with van der Waals surface area (Å²) in [7, 11) is 0. The predicted molar refractivity (Wildman–Crippen MR) is 67.0 cm³/mol. The van der Waals surface area contributed by atoms with E-state index in [-0.39, 0.29) is 19.0 Å². The molecule has 0 saturated carbocycles. The molecule has 0 aliphatic carbocycles. The topological polar surface area (TPSA) is 63.6 Å². The van der Waals surface area contributed by atoms with Gasteiger partial charge < -0.3 is 9.84 Å². The van der Waals surface area contributed by atoms with Crippen LogP contribution in [0.4, 0.5) is 0 Å². The maximum absolute atomic E-state index is 12.4. The number of rotatable bonds is 3. The largest absolute Gasteiger partial charge is 0.480 e. The Morgan fingerprint density at radius 1 is 1.28 bits per heavy atom. The van der Waals surface area contributed by atoms with Gasteiger partial charge >= 0.3 is 5.97 Å². The van der Waals surface area contributed by atoms with Gasteiger partial charge in [-0.05, 0) is 6.07 Å². The minimum absolute atomic E-state index is 0.0364. The molecule has 1 aromatic heterocycles. The summed E-state index contributed by atoms with van der Waals surface area (Å²) in [6.07, 6.45) is 0. The van der Waals surface area contributed by atoms with Gasteiger partial charge in [-0.1, -0.05) is 18.2 Å². The van der Waals surface area contributed by atoms with Gasteiger partial charge in [0.15, 0.2) is 11.2 Å². The summed E-state index contributed by atoms with van der Waals surface area (Å²) in [4.78, 5) is 23.7. The van der Waals surface area contributed by atoms with Crippen molar-refractivity contribution in [1.82, 2.24) is 0 Å². The average molecular weight is 262 g/mol. The number of ketones is 1. The number of carboxylic acids is 1. The second kappa shape index (κ2) is 3.90. The first kappa shape index (κ1) is 11.4. The van der Waals surface area contributed by atoms with Crippen molar-refractivity contribution in [1.29, 1.82) is 0 Å². The van der Waals surface area contributed by atoms with Crippen molar-refractivity contribution in [2.45, 2.75) is 0 Å². The summed E-state index contributed by atoms with van der Waals surface area (Å²) in [5.41, 5.74) is -0.898. The number of benzene rings is 1. The van der Waals surface area contributed by atoms with Gasteiger partial charge in [0.2, 0.25) is 0 Å². The van der Waals surface area contributed by atoms with E-state index in [1.807, 2.05) is 24.3 Å². The number of hydrogen-bond acceptors (Lipinski definition) is 4. The molecule has 4 nitrogen and oxygen atoms in total. The van der Waals surface area contributed by atoms with E-state index in [4.69, 9.17) is 4.74 Å². The molecular weight excluding hydrogens is 252 g/mol. The van der Waals surface area contributed by atoms with Crippen molar-refractivity contribution < 1.29 is 19.4 Å². The molecule has 92 valence electrons. The third-order valence-corrected chi connectivity index (χ3v) is 4.23. The minimum Gasteiger partial charge on any atom is -0.480 e. The summed E-state index contributed by atoms with van der Waals surface area (Å²) < 4.78 is 5.92. The minimum atomic E-state index is -1.39. The Hall–Kier alpha value is -1.72. The molecule has 1 saturated heterocycles. The number of carbonyl (C=O) groups is 2. The average Bonchev–Trinajstić information content (AvgIpc) is 2.70. The highest BCUT2D eigenvalue weighted by Crippen LogP contribution is 2.36. The molecule has 1 fully saturated rings. The number of aliphatic carboxylic acids is 1. The standard InChI is InChI=1S/C13H10O4S/c14-11(13(12(15)16)6-17-7-13)9-5-18-10-4-2-1-3-8(9)10/h1-5H,6-7H2,(H,15,16). The fraction of sp³-hybridized carbons (Fsp3) is 0.231. The van der Waals surface area contributed by atoms with Crippen LogP contribution in [0.2, 0.25) is 0 Å². The van der Waals surface area contributed by atoms with E-state index in [1.54, 1.807) is 5.38 Å². The number of carbonyl (C=O) groups excluding carboxylic acids is 1. The van der Waals surface area contributed by atoms with Crippen LogP contribution in [0.1, 0.15) is 10.4 Å². The zero-order chi connectivity index (χ0) is 12.8. The zero-order valence-electron chi connectivity index (χ0n) is 9.38. The molecule has 1 aromatic carbocycles. The lowest BCUT2D eigenvalue weighted by molar-refractivity contribution is -0.168. The van der Waals surface area contributed by atoms with Gasteiger partial charge in [-0.3, -0.25) is 9.59 Å². The Morgan fingerprint density at radius 3 is 2.61 bits per heavy atom. The lowest BCUT2D eigenvalue weighted by atomic mass is 9.78. The second-order valence-electron chi connectivity index (χ2n) is 4.35. The van der Waals surface area contributed by atoms with Gasteiger partial charge in [0.25, 0.3) is 0 Å². The molecule has 2 heterocycles. The number of ether oxygens (including phenoxy) is 1. The molecule has 0 unspecified atom stereocenters.